The molecule has 6 aliphatic rings. The van der Waals surface area contributed by atoms with Gasteiger partial charge in [0.1, 0.15) is 35.6 Å². The van der Waals surface area contributed by atoms with Gasteiger partial charge in [0.15, 0.2) is 0 Å². The molecule has 1 heterocycles. The average molecular weight is 674 g/mol. The van der Waals surface area contributed by atoms with Crippen LogP contribution in [0.25, 0.3) is 0 Å². The Morgan fingerprint density at radius 1 is 0.958 bits per heavy atom. The summed E-state index contributed by atoms with van der Waals surface area (Å²) in [6, 6.07) is 8.51. The molecule has 12 heteroatoms. The zero-order valence-electron chi connectivity index (χ0n) is 29.0. The van der Waals surface area contributed by atoms with Gasteiger partial charge in [-0.15, -0.1) is 0 Å². The first kappa shape index (κ1) is 34.3. The second-order valence-electron chi connectivity index (χ2n) is 14.8. The molecule has 1 spiro atoms. The number of fused-ring (bicyclic) bond motifs is 2. The summed E-state index contributed by atoms with van der Waals surface area (Å²) >= 11 is 0. The van der Waals surface area contributed by atoms with E-state index in [0.717, 1.165) is 0 Å². The molecule has 2 unspecified atom stereocenters. The summed E-state index contributed by atoms with van der Waals surface area (Å²) in [4.78, 5) is 28.9. The minimum atomic E-state index is -1.74. The molecule has 2 N–H and O–H groups in total. The van der Waals surface area contributed by atoms with Crippen LogP contribution in [-0.4, -0.2) is 136 Å². The molecular formula is C36H51NO11. The van der Waals surface area contributed by atoms with Crippen molar-refractivity contribution in [2.24, 2.45) is 34.5 Å². The molecule has 1 saturated heterocycles. The lowest BCUT2D eigenvalue weighted by Crippen LogP contribution is -2.81. The van der Waals surface area contributed by atoms with E-state index >= 15 is 0 Å². The summed E-state index contributed by atoms with van der Waals surface area (Å²) in [5.74, 6) is -2.72. The van der Waals surface area contributed by atoms with Gasteiger partial charge in [-0.1, -0.05) is 25.1 Å². The zero-order valence-corrected chi connectivity index (χ0v) is 29.0. The minimum Gasteiger partial charge on any atom is -0.462 e. The van der Waals surface area contributed by atoms with Crippen LogP contribution >= 0.6 is 0 Å². The number of piperidine rings is 1. The molecule has 266 valence electrons. The molecule has 1 aromatic carbocycles. The van der Waals surface area contributed by atoms with Gasteiger partial charge in [0, 0.05) is 89.6 Å². The molecule has 7 bridgehead atoms. The van der Waals surface area contributed by atoms with E-state index in [1.165, 1.54) is 14.0 Å². The molecule has 0 amide bonds. The standard InChI is InChI=1S/C36H51NO11/c1-8-37-17-33(18-42-4)22(47-19(3)38)15-23(43-5)35-21-16-34(41)30(48-32(40)20-13-11-10-12-14-20)24(21)36(46-9-2,29(39)31(34)45-7)25(28(35)37)26(44-6)27(33)35/h10-14,21-31,39,41H,8-9,15-18H2,1-7H3/t21-,22-,23?,24-,25?,26+,27-,28-,29+,30-,31+,33+,34+,35+,36-/m1/s1. The maximum Gasteiger partial charge on any atom is 0.338 e. The monoisotopic (exact) mass is 673 g/mol. The van der Waals surface area contributed by atoms with E-state index in [4.69, 9.17) is 33.2 Å². The number of rotatable bonds is 11. The maximum atomic E-state index is 13.8. The Morgan fingerprint density at radius 3 is 2.27 bits per heavy atom. The number of benzene rings is 1. The minimum absolute atomic E-state index is 0.170. The van der Waals surface area contributed by atoms with Crippen LogP contribution in [0.5, 0.6) is 0 Å². The summed E-state index contributed by atoms with van der Waals surface area (Å²) in [5.41, 5.74) is -4.14. The van der Waals surface area contributed by atoms with Crippen molar-refractivity contribution in [3.05, 3.63) is 35.9 Å². The highest BCUT2D eigenvalue weighted by Crippen LogP contribution is 2.80. The smallest absolute Gasteiger partial charge is 0.338 e. The molecule has 5 saturated carbocycles. The first-order valence-electron chi connectivity index (χ1n) is 17.3. The summed E-state index contributed by atoms with van der Waals surface area (Å²) in [5, 5.41) is 25.5. The molecule has 5 aliphatic carbocycles. The zero-order chi connectivity index (χ0) is 34.4. The summed E-state index contributed by atoms with van der Waals surface area (Å²) in [6.45, 7) is 7.20. The molecule has 0 radical (unpaired) electrons. The van der Waals surface area contributed by atoms with Crippen molar-refractivity contribution >= 4 is 11.9 Å². The lowest BCUT2D eigenvalue weighted by molar-refractivity contribution is -0.330. The lowest BCUT2D eigenvalue weighted by Gasteiger charge is -2.70. The fourth-order valence-corrected chi connectivity index (χ4v) is 12.7. The van der Waals surface area contributed by atoms with E-state index in [9.17, 15) is 19.8 Å². The molecular weight excluding hydrogens is 622 g/mol. The van der Waals surface area contributed by atoms with Crippen molar-refractivity contribution in [3.8, 4) is 0 Å². The number of carbonyl (C=O) groups is 2. The van der Waals surface area contributed by atoms with E-state index in [1.807, 2.05) is 13.0 Å². The van der Waals surface area contributed by atoms with Crippen LogP contribution < -0.4 is 0 Å². The Balaban J connectivity index is 1.51. The maximum absolute atomic E-state index is 13.8. The number of esters is 2. The van der Waals surface area contributed by atoms with Crippen LogP contribution in [0.1, 0.15) is 44.0 Å². The topological polar surface area (TPSA) is 142 Å². The number of aliphatic hydroxyl groups excluding tert-OH is 1. The number of methoxy groups -OCH3 is 4. The van der Waals surface area contributed by atoms with Gasteiger partial charge in [-0.3, -0.25) is 9.69 Å². The third kappa shape index (κ3) is 4.00. The van der Waals surface area contributed by atoms with E-state index in [1.54, 1.807) is 45.6 Å². The van der Waals surface area contributed by atoms with Crippen LogP contribution in [0, 0.1) is 34.5 Å². The van der Waals surface area contributed by atoms with E-state index in [0.29, 0.717) is 31.7 Å². The highest BCUT2D eigenvalue weighted by Gasteiger charge is 2.91. The van der Waals surface area contributed by atoms with Gasteiger partial charge in [-0.2, -0.15) is 0 Å². The number of ether oxygens (including phenoxy) is 7. The predicted octanol–water partition coefficient (Wildman–Crippen LogP) is 1.69. The SMILES string of the molecule is CCO[C@@]12C3[C@H](OC)[C@@H]4[C@]5(COC)CN(CC)[C@H]3[C@]4(C(OC)C[C@H]5OC(C)=O)[C@@H]3C[C@](O)([C@H](OC(=O)c4ccccc4)[C@@H]31)[C@@H](OC)[C@@H]2O. The van der Waals surface area contributed by atoms with Gasteiger partial charge in [0.05, 0.1) is 24.4 Å². The van der Waals surface area contributed by atoms with Gasteiger partial charge in [-0.25, -0.2) is 4.79 Å². The highest BCUT2D eigenvalue weighted by atomic mass is 16.6. The quantitative estimate of drug-likeness (QED) is 0.330. The predicted molar refractivity (Wildman–Crippen MR) is 170 cm³/mol. The molecule has 48 heavy (non-hydrogen) atoms. The van der Waals surface area contributed by atoms with E-state index in [-0.39, 0.29) is 36.9 Å². The molecule has 0 aromatic heterocycles. The van der Waals surface area contributed by atoms with E-state index < -0.39 is 76.5 Å². The third-order valence-corrected chi connectivity index (χ3v) is 13.5. The summed E-state index contributed by atoms with van der Waals surface area (Å²) in [6.07, 6.45) is -4.37. The fraction of sp³-hybridized carbons (Fsp3) is 0.778. The molecule has 7 rings (SSSR count). The molecule has 1 aromatic rings. The summed E-state index contributed by atoms with van der Waals surface area (Å²) < 4.78 is 44.7. The van der Waals surface area contributed by atoms with Gasteiger partial charge in [-0.05, 0) is 37.9 Å². The largest absolute Gasteiger partial charge is 0.462 e. The number of aliphatic hydroxyl groups is 2. The number of carbonyl (C=O) groups excluding carboxylic acids is 2. The Kier molecular flexibility index (Phi) is 8.55. The molecule has 1 aliphatic heterocycles. The van der Waals surface area contributed by atoms with Gasteiger partial charge >= 0.3 is 11.9 Å². The second-order valence-corrected chi connectivity index (χ2v) is 14.8. The first-order chi connectivity index (χ1) is 23.0. The van der Waals surface area contributed by atoms with Crippen molar-refractivity contribution in [1.82, 2.24) is 4.90 Å². The lowest BCUT2D eigenvalue weighted by atomic mass is 9.42. The molecule has 15 atom stereocenters. The van der Waals surface area contributed by atoms with Crippen molar-refractivity contribution in [1.29, 1.82) is 0 Å². The first-order valence-corrected chi connectivity index (χ1v) is 17.3. The van der Waals surface area contributed by atoms with Crippen LogP contribution in [-0.2, 0) is 38.0 Å². The second kappa shape index (κ2) is 12.0. The number of nitrogens with zero attached hydrogens (tertiary/aromatic N) is 1. The van der Waals surface area contributed by atoms with Crippen molar-refractivity contribution < 1.29 is 53.0 Å². The normalized spacial score (nSPS) is 48.3. The number of hydrogen-bond acceptors (Lipinski definition) is 12. The van der Waals surface area contributed by atoms with Crippen molar-refractivity contribution in [2.75, 3.05) is 54.7 Å². The van der Waals surface area contributed by atoms with Crippen molar-refractivity contribution in [3.63, 3.8) is 0 Å². The summed E-state index contributed by atoms with van der Waals surface area (Å²) in [7, 11) is 6.51. The van der Waals surface area contributed by atoms with Gasteiger partial charge < -0.3 is 43.4 Å². The Hall–Kier alpha value is -2.16. The number of hydrogen-bond donors (Lipinski definition) is 2. The molecule has 6 fully saturated rings. The third-order valence-electron chi connectivity index (χ3n) is 13.5. The van der Waals surface area contributed by atoms with E-state index in [2.05, 4.69) is 11.8 Å². The highest BCUT2D eigenvalue weighted by molar-refractivity contribution is 5.89. The van der Waals surface area contributed by atoms with Crippen LogP contribution in [0.15, 0.2) is 30.3 Å². The van der Waals surface area contributed by atoms with Crippen LogP contribution in [0.3, 0.4) is 0 Å². The Bertz CT molecular complexity index is 1400. The average Bonchev–Trinajstić information content (AvgIpc) is 3.44. The Morgan fingerprint density at radius 2 is 1.69 bits per heavy atom. The van der Waals surface area contributed by atoms with Crippen LogP contribution in [0.4, 0.5) is 0 Å². The van der Waals surface area contributed by atoms with Crippen LogP contribution in [0.2, 0.25) is 0 Å². The fourth-order valence-electron chi connectivity index (χ4n) is 12.7. The number of likely N-dealkylation sites (tertiary alicyclic amines) is 1. The van der Waals surface area contributed by atoms with Gasteiger partial charge in [0.2, 0.25) is 0 Å². The van der Waals surface area contributed by atoms with Crippen molar-refractivity contribution in [2.45, 2.75) is 87.5 Å². The molecule has 12 nitrogen and oxygen atoms in total. The Labute approximate surface area is 282 Å². The van der Waals surface area contributed by atoms with Gasteiger partial charge in [0.25, 0.3) is 0 Å².